The van der Waals surface area contributed by atoms with Gasteiger partial charge >= 0.3 is 0 Å². The molecular formula is C23H35N7. The minimum absolute atomic E-state index is 0.674. The lowest BCUT2D eigenvalue weighted by atomic mass is 10.2. The Hall–Kier alpha value is -2.38. The molecule has 1 aromatic heterocycles. The summed E-state index contributed by atoms with van der Waals surface area (Å²) in [4.78, 5) is 19.4. The SMILES string of the molecule is CN(CCN)CCN(c1ccccc1)c1cc(N2CCCC2)nc(N2CCCC2)n1. The average Bonchev–Trinajstić information content (AvgIpc) is 3.49. The maximum absolute atomic E-state index is 5.75. The van der Waals surface area contributed by atoms with Crippen molar-refractivity contribution in [1.29, 1.82) is 0 Å². The molecule has 2 fully saturated rings. The van der Waals surface area contributed by atoms with E-state index in [1.165, 1.54) is 25.7 Å². The molecular weight excluding hydrogens is 374 g/mol. The summed E-state index contributed by atoms with van der Waals surface area (Å²) in [5, 5.41) is 0. The summed E-state index contributed by atoms with van der Waals surface area (Å²) in [6, 6.07) is 12.8. The monoisotopic (exact) mass is 409 g/mol. The van der Waals surface area contributed by atoms with Crippen molar-refractivity contribution in [3.63, 3.8) is 0 Å². The predicted octanol–water partition coefficient (Wildman–Crippen LogP) is 2.71. The summed E-state index contributed by atoms with van der Waals surface area (Å²) in [7, 11) is 2.13. The van der Waals surface area contributed by atoms with Crippen molar-refractivity contribution < 1.29 is 0 Å². The molecule has 2 saturated heterocycles. The minimum Gasteiger partial charge on any atom is -0.356 e. The lowest BCUT2D eigenvalue weighted by Gasteiger charge is -2.29. The highest BCUT2D eigenvalue weighted by Gasteiger charge is 2.23. The van der Waals surface area contributed by atoms with E-state index < -0.39 is 0 Å². The Bertz CT molecular complexity index is 751. The number of rotatable bonds is 9. The summed E-state index contributed by atoms with van der Waals surface area (Å²) in [6.45, 7) is 7.62. The number of anilines is 4. The zero-order chi connectivity index (χ0) is 20.8. The second-order valence-electron chi connectivity index (χ2n) is 8.35. The van der Waals surface area contributed by atoms with E-state index in [0.717, 1.165) is 69.1 Å². The van der Waals surface area contributed by atoms with Crippen molar-refractivity contribution >= 4 is 23.3 Å². The molecule has 0 atom stereocenters. The number of likely N-dealkylation sites (N-methyl/N-ethyl adjacent to an activating group) is 1. The molecule has 162 valence electrons. The van der Waals surface area contributed by atoms with Crippen LogP contribution in [0.3, 0.4) is 0 Å². The van der Waals surface area contributed by atoms with Gasteiger partial charge in [-0.1, -0.05) is 18.2 Å². The number of hydrogen-bond donors (Lipinski definition) is 1. The maximum atomic E-state index is 5.75. The number of aromatic nitrogens is 2. The summed E-state index contributed by atoms with van der Waals surface area (Å²) in [6.07, 6.45) is 4.92. The maximum Gasteiger partial charge on any atom is 0.229 e. The molecule has 30 heavy (non-hydrogen) atoms. The summed E-state index contributed by atoms with van der Waals surface area (Å²) >= 11 is 0. The normalized spacial score (nSPS) is 16.6. The van der Waals surface area contributed by atoms with Gasteiger partial charge in [0, 0.05) is 64.1 Å². The highest BCUT2D eigenvalue weighted by atomic mass is 15.3. The summed E-state index contributed by atoms with van der Waals surface area (Å²) in [5.74, 6) is 2.93. The van der Waals surface area contributed by atoms with Crippen LogP contribution in [0.5, 0.6) is 0 Å². The zero-order valence-corrected chi connectivity index (χ0v) is 18.2. The molecule has 0 spiro atoms. The zero-order valence-electron chi connectivity index (χ0n) is 18.2. The highest BCUT2D eigenvalue weighted by molar-refractivity contribution is 5.65. The fourth-order valence-corrected chi connectivity index (χ4v) is 4.30. The van der Waals surface area contributed by atoms with Gasteiger partial charge in [-0.25, -0.2) is 0 Å². The molecule has 0 bridgehead atoms. The summed E-state index contributed by atoms with van der Waals surface area (Å²) < 4.78 is 0. The van der Waals surface area contributed by atoms with Crippen LogP contribution >= 0.6 is 0 Å². The fourth-order valence-electron chi connectivity index (χ4n) is 4.30. The van der Waals surface area contributed by atoms with Gasteiger partial charge in [0.1, 0.15) is 11.6 Å². The smallest absolute Gasteiger partial charge is 0.229 e. The second kappa shape index (κ2) is 10.1. The van der Waals surface area contributed by atoms with E-state index in [1.54, 1.807) is 0 Å². The Morgan fingerprint density at radius 1 is 0.867 bits per heavy atom. The molecule has 2 aromatic rings. The molecule has 0 saturated carbocycles. The Morgan fingerprint density at radius 2 is 1.53 bits per heavy atom. The van der Waals surface area contributed by atoms with Crippen molar-refractivity contribution in [2.45, 2.75) is 25.7 Å². The van der Waals surface area contributed by atoms with Crippen molar-refractivity contribution in [2.75, 3.05) is 74.1 Å². The Labute approximate surface area is 180 Å². The molecule has 2 aliphatic rings. The van der Waals surface area contributed by atoms with Crippen LogP contribution in [0.2, 0.25) is 0 Å². The molecule has 7 nitrogen and oxygen atoms in total. The van der Waals surface area contributed by atoms with Gasteiger partial charge in [0.2, 0.25) is 5.95 Å². The van der Waals surface area contributed by atoms with Crippen molar-refractivity contribution in [3.8, 4) is 0 Å². The van der Waals surface area contributed by atoms with Gasteiger partial charge in [-0.05, 0) is 44.9 Å². The quantitative estimate of drug-likeness (QED) is 0.683. The minimum atomic E-state index is 0.674. The van der Waals surface area contributed by atoms with Crippen LogP contribution in [-0.4, -0.2) is 74.3 Å². The first-order valence-corrected chi connectivity index (χ1v) is 11.3. The number of hydrogen-bond acceptors (Lipinski definition) is 7. The number of nitrogens with two attached hydrogens (primary N) is 1. The number of nitrogens with zero attached hydrogens (tertiary/aromatic N) is 6. The lowest BCUT2D eigenvalue weighted by Crippen LogP contribution is -2.34. The largest absolute Gasteiger partial charge is 0.356 e. The fraction of sp³-hybridized carbons (Fsp3) is 0.565. The van der Waals surface area contributed by atoms with Crippen molar-refractivity contribution in [1.82, 2.24) is 14.9 Å². The van der Waals surface area contributed by atoms with Crippen molar-refractivity contribution in [3.05, 3.63) is 36.4 Å². The molecule has 1 aromatic carbocycles. The Balaban J connectivity index is 1.68. The average molecular weight is 410 g/mol. The van der Waals surface area contributed by atoms with Gasteiger partial charge in [-0.3, -0.25) is 0 Å². The van der Waals surface area contributed by atoms with E-state index in [0.29, 0.717) is 6.54 Å². The molecule has 2 N–H and O–H groups in total. The first kappa shape index (κ1) is 20.9. The third-order valence-corrected chi connectivity index (χ3v) is 6.07. The number of para-hydroxylation sites is 1. The van der Waals surface area contributed by atoms with Crippen LogP contribution < -0.4 is 20.4 Å². The van der Waals surface area contributed by atoms with Gasteiger partial charge in [0.05, 0.1) is 0 Å². The molecule has 7 heteroatoms. The molecule has 0 unspecified atom stereocenters. The van der Waals surface area contributed by atoms with E-state index in [4.69, 9.17) is 15.7 Å². The van der Waals surface area contributed by atoms with E-state index >= 15 is 0 Å². The van der Waals surface area contributed by atoms with Crippen LogP contribution in [0.1, 0.15) is 25.7 Å². The standard InChI is InChI=1S/C23H35N7/c1-27(16-11-24)17-18-30(20-9-3-2-4-10-20)22-19-21(28-12-5-6-13-28)25-23(26-22)29-14-7-8-15-29/h2-4,9-10,19H,5-8,11-18,24H2,1H3. The summed E-state index contributed by atoms with van der Waals surface area (Å²) in [5.41, 5.74) is 6.91. The van der Waals surface area contributed by atoms with E-state index in [1.807, 2.05) is 0 Å². The second-order valence-corrected chi connectivity index (χ2v) is 8.35. The Kier molecular flexibility index (Phi) is 7.02. The molecule has 2 aliphatic heterocycles. The molecule has 4 rings (SSSR count). The van der Waals surface area contributed by atoms with Crippen LogP contribution in [0.15, 0.2) is 36.4 Å². The van der Waals surface area contributed by atoms with Gasteiger partial charge in [-0.15, -0.1) is 0 Å². The predicted molar refractivity (Wildman–Crippen MR) is 125 cm³/mol. The molecule has 0 aliphatic carbocycles. The Morgan fingerprint density at radius 3 is 2.20 bits per heavy atom. The number of benzene rings is 1. The first-order chi connectivity index (χ1) is 14.7. The van der Waals surface area contributed by atoms with Gasteiger partial charge in [0.15, 0.2) is 0 Å². The topological polar surface area (TPSA) is 64.8 Å². The van der Waals surface area contributed by atoms with Gasteiger partial charge in [0.25, 0.3) is 0 Å². The van der Waals surface area contributed by atoms with Gasteiger partial charge < -0.3 is 25.3 Å². The first-order valence-electron chi connectivity index (χ1n) is 11.3. The highest BCUT2D eigenvalue weighted by Crippen LogP contribution is 2.30. The molecule has 0 amide bonds. The van der Waals surface area contributed by atoms with E-state index in [2.05, 4.69) is 63.0 Å². The van der Waals surface area contributed by atoms with Crippen LogP contribution in [0, 0.1) is 0 Å². The van der Waals surface area contributed by atoms with Crippen molar-refractivity contribution in [2.24, 2.45) is 5.73 Å². The molecule has 0 radical (unpaired) electrons. The van der Waals surface area contributed by atoms with Crippen LogP contribution in [-0.2, 0) is 0 Å². The van der Waals surface area contributed by atoms with Crippen LogP contribution in [0.4, 0.5) is 23.3 Å². The lowest BCUT2D eigenvalue weighted by molar-refractivity contribution is 0.352. The van der Waals surface area contributed by atoms with Crippen LogP contribution in [0.25, 0.3) is 0 Å². The van der Waals surface area contributed by atoms with E-state index in [-0.39, 0.29) is 0 Å². The molecule has 3 heterocycles. The van der Waals surface area contributed by atoms with Gasteiger partial charge in [-0.2, -0.15) is 9.97 Å². The van der Waals surface area contributed by atoms with E-state index in [9.17, 15) is 0 Å². The third-order valence-electron chi connectivity index (χ3n) is 6.07. The third kappa shape index (κ3) is 5.02.